The number of sulfone groups is 1. The molecule has 160 valence electrons. The third-order valence-electron chi connectivity index (χ3n) is 3.40. The number of amides is 2. The lowest BCUT2D eigenvalue weighted by Crippen LogP contribution is -2.50. The number of nitrogens with one attached hydrogen (secondary N) is 1. The molecule has 1 aromatic rings. The first kappa shape index (κ1) is 24.1. The maximum absolute atomic E-state index is 12.6. The number of carbonyl (C=O) groups excluding carboxylic acids is 2. The number of halogens is 2. The highest BCUT2D eigenvalue weighted by Crippen LogP contribution is 2.23. The number of ether oxygens (including phenoxy) is 2. The van der Waals surface area contributed by atoms with Crippen molar-refractivity contribution in [3.63, 3.8) is 0 Å². The number of para-hydroxylation sites is 1. The monoisotopic (exact) mass is 433 g/mol. The Kier molecular flexibility index (Phi) is 8.78. The van der Waals surface area contributed by atoms with Crippen molar-refractivity contribution < 1.29 is 36.3 Å². The quantitative estimate of drug-likeness (QED) is 0.463. The van der Waals surface area contributed by atoms with Crippen molar-refractivity contribution in [3.05, 3.63) is 29.8 Å². The molecule has 1 aromatic carbocycles. The third-order valence-corrected chi connectivity index (χ3v) is 4.99. The van der Waals surface area contributed by atoms with Crippen LogP contribution in [0.2, 0.25) is 0 Å². The van der Waals surface area contributed by atoms with Crippen LogP contribution in [0.15, 0.2) is 24.3 Å². The summed E-state index contributed by atoms with van der Waals surface area (Å²) in [7, 11) is -3.00. The number of alkyl carbamates (subject to hydrolysis) is 1. The largest absolute Gasteiger partial charge is 0.447 e. The second kappa shape index (κ2) is 10.6. The maximum atomic E-state index is 12.6. The van der Waals surface area contributed by atoms with E-state index < -0.39 is 52.1 Å². The van der Waals surface area contributed by atoms with E-state index in [1.54, 1.807) is 13.8 Å². The third kappa shape index (κ3) is 8.30. The first-order valence-electron chi connectivity index (χ1n) is 8.32. The smallest absolute Gasteiger partial charge is 0.408 e. The van der Waals surface area contributed by atoms with Gasteiger partial charge < -0.3 is 14.8 Å². The van der Waals surface area contributed by atoms with Gasteiger partial charge in [-0.05, 0) is 19.9 Å². The summed E-state index contributed by atoms with van der Waals surface area (Å²) < 4.78 is 59.3. The van der Waals surface area contributed by atoms with Gasteiger partial charge >= 0.3 is 12.7 Å². The van der Waals surface area contributed by atoms with Crippen LogP contribution in [0.5, 0.6) is 5.75 Å². The number of hydrogen-bond acceptors (Lipinski definition) is 7. The summed E-state index contributed by atoms with van der Waals surface area (Å²) in [4.78, 5) is 24.7. The second-order valence-electron chi connectivity index (χ2n) is 6.19. The van der Waals surface area contributed by atoms with Crippen molar-refractivity contribution in [2.75, 3.05) is 12.8 Å². The number of hydrogen-bond donors (Lipinski definition) is 1. The van der Waals surface area contributed by atoms with Crippen LogP contribution in [0.3, 0.4) is 0 Å². The van der Waals surface area contributed by atoms with Crippen molar-refractivity contribution in [1.29, 1.82) is 5.26 Å². The van der Waals surface area contributed by atoms with Crippen LogP contribution in [-0.2, 0) is 25.1 Å². The van der Waals surface area contributed by atoms with Crippen LogP contribution in [0, 0.1) is 11.5 Å². The van der Waals surface area contributed by atoms with Crippen LogP contribution in [0.25, 0.3) is 0 Å². The molecule has 0 spiro atoms. The molecular weight excluding hydrogens is 412 g/mol. The molecule has 1 N–H and O–H groups in total. The molecule has 0 aromatic heterocycles. The molecule has 0 radical (unpaired) electrons. The number of nitriles is 1. The minimum atomic E-state index is -4.11. The molecule has 0 bridgehead atoms. The number of nitrogens with zero attached hydrogens (tertiary/aromatic N) is 2. The Morgan fingerprint density at radius 3 is 2.45 bits per heavy atom. The molecule has 12 heteroatoms. The summed E-state index contributed by atoms with van der Waals surface area (Å²) in [5.41, 5.74) is -0.0441. The number of likely N-dealkylation sites (N-methyl/N-ethyl adjacent to an activating group) is 1. The molecule has 0 aliphatic rings. The van der Waals surface area contributed by atoms with E-state index in [0.29, 0.717) is 4.90 Å². The topological polar surface area (TPSA) is 126 Å². The van der Waals surface area contributed by atoms with E-state index in [1.807, 2.05) is 0 Å². The summed E-state index contributed by atoms with van der Waals surface area (Å²) in [5.74, 6) is -2.91. The van der Waals surface area contributed by atoms with Gasteiger partial charge in [-0.15, -0.1) is 0 Å². The summed E-state index contributed by atoms with van der Waals surface area (Å²) in [6.07, 6.45) is -0.0545. The Balaban J connectivity index is 3.06. The molecule has 0 saturated carbocycles. The van der Waals surface area contributed by atoms with Gasteiger partial charge in [0.15, 0.2) is 16.0 Å². The number of alkyl halides is 2. The lowest BCUT2D eigenvalue weighted by Gasteiger charge is -2.21. The van der Waals surface area contributed by atoms with Gasteiger partial charge in [0.05, 0.1) is 17.6 Å². The Labute approximate surface area is 167 Å². The molecule has 1 rings (SSSR count). The minimum absolute atomic E-state index is 0.0441. The molecule has 0 aliphatic carbocycles. The van der Waals surface area contributed by atoms with Gasteiger partial charge in [-0.1, -0.05) is 18.2 Å². The van der Waals surface area contributed by atoms with Gasteiger partial charge in [0.25, 0.3) is 5.91 Å². The van der Waals surface area contributed by atoms with Crippen molar-refractivity contribution in [2.45, 2.75) is 38.4 Å². The Morgan fingerprint density at radius 2 is 1.90 bits per heavy atom. The van der Waals surface area contributed by atoms with Gasteiger partial charge in [-0.3, -0.25) is 9.69 Å². The fraction of sp³-hybridized carbons (Fsp3) is 0.471. The van der Waals surface area contributed by atoms with E-state index in [0.717, 1.165) is 7.05 Å². The van der Waals surface area contributed by atoms with Gasteiger partial charge in [0.2, 0.25) is 0 Å². The fourth-order valence-corrected chi connectivity index (χ4v) is 3.80. The van der Waals surface area contributed by atoms with Gasteiger partial charge in [-0.25, -0.2) is 13.2 Å². The van der Waals surface area contributed by atoms with Crippen molar-refractivity contribution in [2.24, 2.45) is 0 Å². The van der Waals surface area contributed by atoms with E-state index in [4.69, 9.17) is 10.00 Å². The van der Waals surface area contributed by atoms with Crippen molar-refractivity contribution in [3.8, 4) is 11.9 Å². The minimum Gasteiger partial charge on any atom is -0.447 e. The highest BCUT2D eigenvalue weighted by atomic mass is 32.2. The van der Waals surface area contributed by atoms with E-state index >= 15 is 0 Å². The van der Waals surface area contributed by atoms with Gasteiger partial charge in [0.1, 0.15) is 11.8 Å². The van der Waals surface area contributed by atoms with Crippen LogP contribution in [-0.4, -0.2) is 56.9 Å². The Hall–Kier alpha value is -2.94. The molecule has 2 amide bonds. The number of carbonyl (C=O) groups is 2. The second-order valence-corrected chi connectivity index (χ2v) is 8.30. The van der Waals surface area contributed by atoms with Crippen molar-refractivity contribution >= 4 is 21.8 Å². The molecule has 0 fully saturated rings. The van der Waals surface area contributed by atoms with Crippen LogP contribution in [0.4, 0.5) is 13.6 Å². The summed E-state index contributed by atoms with van der Waals surface area (Å²) in [5, 5.41) is 11.0. The van der Waals surface area contributed by atoms with E-state index in [9.17, 15) is 26.8 Å². The van der Waals surface area contributed by atoms with Crippen molar-refractivity contribution in [1.82, 2.24) is 10.2 Å². The number of benzene rings is 1. The normalized spacial score (nSPS) is 12.2. The molecule has 1 atom stereocenters. The standard InChI is InChI=1S/C17H21F2N3O6S/c1-11(2)27-17(24)21-13(15(23)22(3)10-20)9-29(25,26)8-12-6-4-5-7-14(12)28-16(18)19/h4-7,11,13,16H,8-9H2,1-3H3,(H,21,24)/t13-/m0/s1. The maximum Gasteiger partial charge on any atom is 0.408 e. The summed E-state index contributed by atoms with van der Waals surface area (Å²) in [6, 6.07) is 3.69. The molecule has 0 unspecified atom stereocenters. The van der Waals surface area contributed by atoms with E-state index in [1.165, 1.54) is 30.5 Å². The highest BCUT2D eigenvalue weighted by molar-refractivity contribution is 7.90. The van der Waals surface area contributed by atoms with Crippen LogP contribution < -0.4 is 10.1 Å². The Bertz CT molecular complexity index is 870. The summed E-state index contributed by atoms with van der Waals surface area (Å²) in [6.45, 7) is -0.0480. The molecule has 9 nitrogen and oxygen atoms in total. The fourth-order valence-electron chi connectivity index (χ4n) is 2.23. The summed E-state index contributed by atoms with van der Waals surface area (Å²) >= 11 is 0. The SMILES string of the molecule is CC(C)OC(=O)N[C@@H](CS(=O)(=O)Cc1ccccc1OC(F)F)C(=O)N(C)C#N. The van der Waals surface area contributed by atoms with Gasteiger partial charge in [-0.2, -0.15) is 14.0 Å². The average Bonchev–Trinajstić information content (AvgIpc) is 2.60. The Morgan fingerprint density at radius 1 is 1.28 bits per heavy atom. The first-order chi connectivity index (χ1) is 13.4. The van der Waals surface area contributed by atoms with Crippen LogP contribution >= 0.6 is 0 Å². The first-order valence-corrected chi connectivity index (χ1v) is 10.1. The molecular formula is C17H21F2N3O6S. The molecule has 0 saturated heterocycles. The zero-order valence-electron chi connectivity index (χ0n) is 16.0. The van der Waals surface area contributed by atoms with Crippen LogP contribution in [0.1, 0.15) is 19.4 Å². The predicted octanol–water partition coefficient (Wildman–Crippen LogP) is 1.65. The molecule has 29 heavy (non-hydrogen) atoms. The highest BCUT2D eigenvalue weighted by Gasteiger charge is 2.31. The predicted molar refractivity (Wildman–Crippen MR) is 97.5 cm³/mol. The van der Waals surface area contributed by atoms with E-state index in [2.05, 4.69) is 10.1 Å². The zero-order valence-corrected chi connectivity index (χ0v) is 16.8. The lowest BCUT2D eigenvalue weighted by atomic mass is 10.2. The van der Waals surface area contributed by atoms with Gasteiger partial charge in [0, 0.05) is 12.6 Å². The average molecular weight is 433 g/mol. The van der Waals surface area contributed by atoms with E-state index in [-0.39, 0.29) is 11.3 Å². The number of rotatable bonds is 9. The molecule has 0 heterocycles. The molecule has 0 aliphatic heterocycles. The zero-order chi connectivity index (χ0) is 22.2. The lowest BCUT2D eigenvalue weighted by molar-refractivity contribution is -0.128.